The first-order chi connectivity index (χ1) is 27.9. The predicted molar refractivity (Wildman–Crippen MR) is 215 cm³/mol. The zero-order valence-corrected chi connectivity index (χ0v) is 34.7. The highest BCUT2D eigenvalue weighted by Crippen LogP contribution is 2.36. The average Bonchev–Trinajstić information content (AvgIpc) is 3.59. The van der Waals surface area contributed by atoms with E-state index < -0.39 is 94.7 Å². The number of halogens is 2. The highest BCUT2D eigenvalue weighted by atomic mass is 19.1. The van der Waals surface area contributed by atoms with Crippen LogP contribution in [-0.4, -0.2) is 82.9 Å². The number of primary amides is 1. The summed E-state index contributed by atoms with van der Waals surface area (Å²) in [4.78, 5) is 94.8. The lowest BCUT2D eigenvalue weighted by Gasteiger charge is -2.34. The number of ketones is 2. The van der Waals surface area contributed by atoms with Gasteiger partial charge in [-0.15, -0.1) is 0 Å². The molecule has 0 radical (unpaired) electrons. The minimum atomic E-state index is -1.30. The van der Waals surface area contributed by atoms with Crippen molar-refractivity contribution in [2.24, 2.45) is 23.5 Å². The van der Waals surface area contributed by atoms with Gasteiger partial charge in [-0.3, -0.25) is 33.6 Å². The number of ether oxygens (including phenoxy) is 1. The fraction of sp³-hybridized carbons (Fsp3) is 0.568. The molecule has 1 unspecified atom stereocenters. The van der Waals surface area contributed by atoms with Gasteiger partial charge < -0.3 is 31.3 Å². The van der Waals surface area contributed by atoms with Crippen molar-refractivity contribution in [1.29, 1.82) is 0 Å². The van der Waals surface area contributed by atoms with Crippen molar-refractivity contribution in [1.82, 2.24) is 20.9 Å². The van der Waals surface area contributed by atoms with E-state index in [4.69, 9.17) is 10.5 Å². The van der Waals surface area contributed by atoms with Gasteiger partial charge in [0.05, 0.1) is 29.9 Å². The Hall–Kier alpha value is -5.05. The van der Waals surface area contributed by atoms with Gasteiger partial charge >= 0.3 is 0 Å². The number of hydrogen-bond acceptors (Lipinski definition) is 8. The Labute approximate surface area is 344 Å². The van der Waals surface area contributed by atoms with Crippen molar-refractivity contribution in [2.75, 3.05) is 13.1 Å². The highest BCUT2D eigenvalue weighted by molar-refractivity contribution is 6.38. The molecule has 4 rings (SSSR count). The number of nitrogens with two attached hydrogens (primary N) is 1. The van der Waals surface area contributed by atoms with E-state index in [-0.39, 0.29) is 56.4 Å². The third-order valence-corrected chi connectivity index (χ3v) is 10.8. The zero-order valence-electron chi connectivity index (χ0n) is 34.7. The molecule has 1 saturated heterocycles. The van der Waals surface area contributed by atoms with Crippen LogP contribution in [0.4, 0.5) is 8.78 Å². The number of amides is 5. The Bertz CT molecular complexity index is 1810. The van der Waals surface area contributed by atoms with Crippen LogP contribution in [-0.2, 0) is 33.5 Å². The second-order valence-corrected chi connectivity index (χ2v) is 17.1. The lowest BCUT2D eigenvalue weighted by molar-refractivity contribution is -0.145. The van der Waals surface area contributed by atoms with Crippen molar-refractivity contribution in [2.45, 2.75) is 129 Å². The molecule has 5 N–H and O–H groups in total. The lowest BCUT2D eigenvalue weighted by atomic mass is 9.77. The summed E-state index contributed by atoms with van der Waals surface area (Å²) in [6.45, 7) is 8.64. The van der Waals surface area contributed by atoms with Crippen molar-refractivity contribution in [3.05, 3.63) is 71.3 Å². The quantitative estimate of drug-likeness (QED) is 0.114. The summed E-state index contributed by atoms with van der Waals surface area (Å²) >= 11 is 0. The number of nitrogens with zero attached hydrogens (tertiary/aromatic N) is 1. The van der Waals surface area contributed by atoms with E-state index in [1.54, 1.807) is 30.3 Å². The van der Waals surface area contributed by atoms with Crippen molar-refractivity contribution < 1.29 is 47.1 Å². The van der Waals surface area contributed by atoms with Gasteiger partial charge in [-0.05, 0) is 82.4 Å². The first kappa shape index (κ1) is 46.6. The van der Waals surface area contributed by atoms with Crippen LogP contribution in [0.2, 0.25) is 0 Å². The molecule has 0 bridgehead atoms. The molecule has 1 saturated carbocycles. The topological polar surface area (TPSA) is 194 Å². The lowest BCUT2D eigenvalue weighted by Crippen LogP contribution is -2.55. The Balaban J connectivity index is 1.50. The van der Waals surface area contributed by atoms with E-state index >= 15 is 0 Å². The second kappa shape index (κ2) is 21.3. The fourth-order valence-electron chi connectivity index (χ4n) is 8.11. The molecular formula is C44H59F2N5O8. The Kier molecular flexibility index (Phi) is 16.8. The standard InChI is InChI=1S/C44H59F2N5O8/c1-26(2)22-33(39(54)42(57)48-24-36(53)50-38(40(47)55)28-16-10-7-11-17-28)49-41(56)34-23-29(59-44(3,4)5)25-51(34)43(58)30(27-14-8-6-9-15-27)18-12-21-35(52)37-31(45)19-13-20-32(37)46/h7,10-11,13,16-17,19-20,26-27,29-30,33-34,38H,6,8-9,12,14-15,18,21-25H2,1-5H3,(H2,47,55)(H,48,57)(H,49,56)(H,50,53)/t29-,30+,33?,34+,38+/m1/s1. The van der Waals surface area contributed by atoms with Crippen LogP contribution in [0.15, 0.2) is 48.5 Å². The molecule has 13 nitrogen and oxygen atoms in total. The van der Waals surface area contributed by atoms with Gasteiger partial charge in [0.25, 0.3) is 5.91 Å². The molecule has 2 aromatic carbocycles. The van der Waals surface area contributed by atoms with Crippen LogP contribution >= 0.6 is 0 Å². The summed E-state index contributed by atoms with van der Waals surface area (Å²) in [7, 11) is 0. The molecule has 5 atom stereocenters. The molecule has 15 heteroatoms. The molecule has 2 fully saturated rings. The molecule has 5 amide bonds. The predicted octanol–water partition coefficient (Wildman–Crippen LogP) is 4.86. The van der Waals surface area contributed by atoms with E-state index in [0.29, 0.717) is 5.56 Å². The van der Waals surface area contributed by atoms with Crippen LogP contribution in [0.5, 0.6) is 0 Å². The highest BCUT2D eigenvalue weighted by Gasteiger charge is 2.45. The summed E-state index contributed by atoms with van der Waals surface area (Å²) in [6.07, 6.45) is 4.32. The molecule has 2 aliphatic rings. The molecule has 1 heterocycles. The van der Waals surface area contributed by atoms with Gasteiger partial charge in [-0.1, -0.05) is 69.5 Å². The molecule has 1 aliphatic heterocycles. The summed E-state index contributed by atoms with van der Waals surface area (Å²) < 4.78 is 35.0. The molecule has 322 valence electrons. The number of carbonyl (C=O) groups is 7. The van der Waals surface area contributed by atoms with Crippen molar-refractivity contribution in [3.63, 3.8) is 0 Å². The van der Waals surface area contributed by atoms with Crippen LogP contribution in [0.25, 0.3) is 0 Å². The van der Waals surface area contributed by atoms with Crippen LogP contribution in [0.1, 0.15) is 121 Å². The minimum Gasteiger partial charge on any atom is -0.371 e. The number of nitrogens with one attached hydrogen (secondary N) is 3. The Morgan fingerprint density at radius 3 is 2.14 bits per heavy atom. The Morgan fingerprint density at radius 2 is 1.54 bits per heavy atom. The average molecular weight is 824 g/mol. The number of carbonyl (C=O) groups excluding carboxylic acids is 7. The van der Waals surface area contributed by atoms with Gasteiger partial charge in [0.1, 0.15) is 23.7 Å². The van der Waals surface area contributed by atoms with E-state index in [1.807, 2.05) is 34.6 Å². The molecule has 0 spiro atoms. The second-order valence-electron chi connectivity index (χ2n) is 17.1. The summed E-state index contributed by atoms with van der Waals surface area (Å²) in [6, 6.07) is 7.98. The molecule has 1 aliphatic carbocycles. The maximum Gasteiger partial charge on any atom is 0.290 e. The fourth-order valence-corrected chi connectivity index (χ4v) is 8.11. The summed E-state index contributed by atoms with van der Waals surface area (Å²) in [5, 5.41) is 7.45. The van der Waals surface area contributed by atoms with E-state index in [1.165, 1.54) is 11.0 Å². The van der Waals surface area contributed by atoms with Gasteiger partial charge in [-0.25, -0.2) is 8.78 Å². The number of hydrogen-bond donors (Lipinski definition) is 4. The van der Waals surface area contributed by atoms with Crippen LogP contribution in [0.3, 0.4) is 0 Å². The first-order valence-electron chi connectivity index (χ1n) is 20.6. The van der Waals surface area contributed by atoms with Crippen LogP contribution in [0, 0.1) is 29.4 Å². The van der Waals surface area contributed by atoms with E-state index in [9.17, 15) is 42.3 Å². The maximum atomic E-state index is 14.7. The van der Waals surface area contributed by atoms with Crippen molar-refractivity contribution in [3.8, 4) is 0 Å². The van der Waals surface area contributed by atoms with E-state index in [2.05, 4.69) is 16.0 Å². The van der Waals surface area contributed by atoms with Crippen molar-refractivity contribution >= 4 is 41.1 Å². The zero-order chi connectivity index (χ0) is 43.4. The van der Waals surface area contributed by atoms with Crippen LogP contribution < -0.4 is 21.7 Å². The largest absolute Gasteiger partial charge is 0.371 e. The van der Waals surface area contributed by atoms with E-state index in [0.717, 1.165) is 44.2 Å². The third kappa shape index (κ3) is 13.5. The normalized spacial score (nSPS) is 18.7. The molecule has 59 heavy (non-hydrogen) atoms. The number of rotatable bonds is 19. The number of benzene rings is 2. The molecule has 2 aromatic rings. The third-order valence-electron chi connectivity index (χ3n) is 10.8. The minimum absolute atomic E-state index is 0.0371. The number of Topliss-reactive ketones (excluding diaryl/α,β-unsaturated/α-hetero) is 2. The van der Waals surface area contributed by atoms with Gasteiger partial charge in [0.2, 0.25) is 29.4 Å². The maximum absolute atomic E-state index is 14.7. The number of likely N-dealkylation sites (tertiary alicyclic amines) is 1. The monoisotopic (exact) mass is 823 g/mol. The summed E-state index contributed by atoms with van der Waals surface area (Å²) in [5.41, 5.74) is 4.70. The SMILES string of the molecule is CC(C)CC(NC(=O)[C@@H]1C[C@@H](OC(C)(C)C)CN1C(=O)[C@@H](CCCC(=O)c1c(F)cccc1F)C1CCCCC1)C(=O)C(=O)NCC(=O)N[C@H](C(N)=O)c1ccccc1. The van der Waals surface area contributed by atoms with Gasteiger partial charge in [0.15, 0.2) is 5.78 Å². The summed E-state index contributed by atoms with van der Waals surface area (Å²) in [5.74, 6) is -8.03. The smallest absolute Gasteiger partial charge is 0.290 e. The first-order valence-corrected chi connectivity index (χ1v) is 20.6. The Morgan fingerprint density at radius 1 is 0.898 bits per heavy atom. The van der Waals surface area contributed by atoms with Gasteiger partial charge in [-0.2, -0.15) is 0 Å². The molecule has 0 aromatic heterocycles. The van der Waals surface area contributed by atoms with Gasteiger partial charge in [0, 0.05) is 25.3 Å². The molecular weight excluding hydrogens is 765 g/mol.